The molecule has 0 spiro atoms. The van der Waals surface area contributed by atoms with Gasteiger partial charge in [-0.2, -0.15) is 0 Å². The Balaban J connectivity index is 1.58. The standard InChI is InChI=1S/C19H26O4/c1-15-7-5-10-17(13-15)23-19(21)12-6-11-18(20)22-14-16-8-3-2-4-9-16/h5,7,10,13,16H,2-4,6,8-9,11-12,14H2,1H3. The topological polar surface area (TPSA) is 52.6 Å². The van der Waals surface area contributed by atoms with Gasteiger partial charge in [-0.15, -0.1) is 0 Å². The van der Waals surface area contributed by atoms with E-state index in [1.807, 2.05) is 25.1 Å². The van der Waals surface area contributed by atoms with Crippen molar-refractivity contribution in [2.45, 2.75) is 58.3 Å². The van der Waals surface area contributed by atoms with E-state index in [-0.39, 0.29) is 24.8 Å². The fourth-order valence-corrected chi connectivity index (χ4v) is 2.88. The van der Waals surface area contributed by atoms with Gasteiger partial charge in [0.15, 0.2) is 0 Å². The third-order valence-corrected chi connectivity index (χ3v) is 4.19. The monoisotopic (exact) mass is 318 g/mol. The highest BCUT2D eigenvalue weighted by molar-refractivity contribution is 5.74. The zero-order chi connectivity index (χ0) is 16.5. The molecule has 23 heavy (non-hydrogen) atoms. The van der Waals surface area contributed by atoms with Crippen LogP contribution in [0.4, 0.5) is 0 Å². The number of rotatable bonds is 7. The van der Waals surface area contributed by atoms with E-state index in [4.69, 9.17) is 9.47 Å². The first-order valence-corrected chi connectivity index (χ1v) is 8.56. The Hall–Kier alpha value is -1.84. The highest BCUT2D eigenvalue weighted by atomic mass is 16.5. The summed E-state index contributed by atoms with van der Waals surface area (Å²) in [6.07, 6.45) is 7.08. The van der Waals surface area contributed by atoms with Gasteiger partial charge in [-0.1, -0.05) is 31.4 Å². The number of carbonyl (C=O) groups is 2. The van der Waals surface area contributed by atoms with Gasteiger partial charge < -0.3 is 9.47 Å². The maximum absolute atomic E-state index is 11.7. The van der Waals surface area contributed by atoms with Crippen LogP contribution >= 0.6 is 0 Å². The lowest BCUT2D eigenvalue weighted by atomic mass is 9.90. The molecule has 4 heteroatoms. The van der Waals surface area contributed by atoms with Gasteiger partial charge in [0.25, 0.3) is 0 Å². The Labute approximate surface area is 138 Å². The number of benzene rings is 1. The van der Waals surface area contributed by atoms with Crippen LogP contribution in [0.5, 0.6) is 5.75 Å². The van der Waals surface area contributed by atoms with Crippen LogP contribution in [0.15, 0.2) is 24.3 Å². The summed E-state index contributed by atoms with van der Waals surface area (Å²) in [7, 11) is 0. The number of ether oxygens (including phenoxy) is 2. The summed E-state index contributed by atoms with van der Waals surface area (Å²) in [6, 6.07) is 7.36. The van der Waals surface area contributed by atoms with Gasteiger partial charge in [-0.25, -0.2) is 0 Å². The van der Waals surface area contributed by atoms with E-state index in [0.717, 1.165) is 18.4 Å². The number of esters is 2. The maximum atomic E-state index is 11.7. The summed E-state index contributed by atoms with van der Waals surface area (Å²) in [5.41, 5.74) is 1.04. The molecule has 0 aromatic heterocycles. The van der Waals surface area contributed by atoms with Crippen LogP contribution in [0.1, 0.15) is 56.9 Å². The molecule has 2 rings (SSSR count). The van der Waals surface area contributed by atoms with Gasteiger partial charge in [0.2, 0.25) is 0 Å². The molecule has 126 valence electrons. The quantitative estimate of drug-likeness (QED) is 0.558. The summed E-state index contributed by atoms with van der Waals surface area (Å²) in [5, 5.41) is 0. The van der Waals surface area contributed by atoms with Gasteiger partial charge in [-0.05, 0) is 49.8 Å². The fourth-order valence-electron chi connectivity index (χ4n) is 2.88. The molecule has 0 N–H and O–H groups in total. The molecular formula is C19H26O4. The lowest BCUT2D eigenvalue weighted by Gasteiger charge is -2.20. The molecule has 0 radical (unpaired) electrons. The Kier molecular flexibility index (Phi) is 7.11. The Morgan fingerprint density at radius 3 is 2.57 bits per heavy atom. The molecule has 0 saturated heterocycles. The van der Waals surface area contributed by atoms with E-state index >= 15 is 0 Å². The van der Waals surface area contributed by atoms with Gasteiger partial charge in [-0.3, -0.25) is 9.59 Å². The molecule has 1 fully saturated rings. The number of carbonyl (C=O) groups excluding carboxylic acids is 2. The fraction of sp³-hybridized carbons (Fsp3) is 0.579. The number of hydrogen-bond donors (Lipinski definition) is 0. The zero-order valence-electron chi connectivity index (χ0n) is 13.9. The molecule has 0 heterocycles. The van der Waals surface area contributed by atoms with Gasteiger partial charge >= 0.3 is 11.9 Å². The summed E-state index contributed by atoms with van der Waals surface area (Å²) in [6.45, 7) is 2.48. The SMILES string of the molecule is Cc1cccc(OC(=O)CCCC(=O)OCC2CCCCC2)c1. The number of hydrogen-bond acceptors (Lipinski definition) is 4. The molecule has 1 aliphatic carbocycles. The predicted octanol–water partition coefficient (Wildman–Crippen LogP) is 4.19. The van der Waals surface area contributed by atoms with Crippen LogP contribution < -0.4 is 4.74 Å². The van der Waals surface area contributed by atoms with Gasteiger partial charge in [0.1, 0.15) is 5.75 Å². The van der Waals surface area contributed by atoms with Crippen molar-refractivity contribution in [3.8, 4) is 5.75 Å². The minimum atomic E-state index is -0.310. The summed E-state index contributed by atoms with van der Waals surface area (Å²) in [5.74, 6) is 0.559. The van der Waals surface area contributed by atoms with E-state index in [1.54, 1.807) is 6.07 Å². The summed E-state index contributed by atoms with van der Waals surface area (Å²) < 4.78 is 10.5. The summed E-state index contributed by atoms with van der Waals surface area (Å²) >= 11 is 0. The van der Waals surface area contributed by atoms with Crippen molar-refractivity contribution in [2.24, 2.45) is 5.92 Å². The minimum absolute atomic E-state index is 0.209. The van der Waals surface area contributed by atoms with Gasteiger partial charge in [0.05, 0.1) is 6.61 Å². The van der Waals surface area contributed by atoms with E-state index in [2.05, 4.69) is 0 Å². The molecule has 0 atom stereocenters. The zero-order valence-corrected chi connectivity index (χ0v) is 13.9. The Morgan fingerprint density at radius 1 is 1.09 bits per heavy atom. The van der Waals surface area contributed by atoms with Crippen LogP contribution in [-0.4, -0.2) is 18.5 Å². The first kappa shape index (κ1) is 17.5. The molecule has 0 bridgehead atoms. The van der Waals surface area contributed by atoms with E-state index in [0.29, 0.717) is 24.7 Å². The molecule has 1 aromatic carbocycles. The van der Waals surface area contributed by atoms with Crippen LogP contribution in [0.25, 0.3) is 0 Å². The van der Waals surface area contributed by atoms with Crippen molar-refractivity contribution in [1.29, 1.82) is 0 Å². The van der Waals surface area contributed by atoms with Crippen molar-refractivity contribution in [1.82, 2.24) is 0 Å². The lowest BCUT2D eigenvalue weighted by Crippen LogP contribution is -2.17. The average Bonchev–Trinajstić information content (AvgIpc) is 2.54. The van der Waals surface area contributed by atoms with Crippen LogP contribution in [0, 0.1) is 12.8 Å². The van der Waals surface area contributed by atoms with E-state index in [1.165, 1.54) is 19.3 Å². The normalized spacial score (nSPS) is 15.2. The second-order valence-electron chi connectivity index (χ2n) is 6.33. The third-order valence-electron chi connectivity index (χ3n) is 4.19. The molecule has 1 aliphatic rings. The van der Waals surface area contributed by atoms with Crippen LogP contribution in [-0.2, 0) is 14.3 Å². The number of aryl methyl sites for hydroxylation is 1. The third kappa shape index (κ3) is 6.85. The molecule has 4 nitrogen and oxygen atoms in total. The van der Waals surface area contributed by atoms with E-state index < -0.39 is 0 Å². The predicted molar refractivity (Wildman–Crippen MR) is 88.2 cm³/mol. The molecule has 0 aliphatic heterocycles. The van der Waals surface area contributed by atoms with Crippen molar-refractivity contribution in [3.63, 3.8) is 0 Å². The molecule has 0 unspecified atom stereocenters. The van der Waals surface area contributed by atoms with Crippen molar-refractivity contribution in [3.05, 3.63) is 29.8 Å². The molecule has 0 amide bonds. The highest BCUT2D eigenvalue weighted by Gasteiger charge is 2.15. The smallest absolute Gasteiger partial charge is 0.311 e. The van der Waals surface area contributed by atoms with Gasteiger partial charge in [0, 0.05) is 12.8 Å². The van der Waals surface area contributed by atoms with Crippen molar-refractivity contribution >= 4 is 11.9 Å². The largest absolute Gasteiger partial charge is 0.465 e. The molecule has 1 aromatic rings. The van der Waals surface area contributed by atoms with Crippen LogP contribution in [0.2, 0.25) is 0 Å². The molecular weight excluding hydrogens is 292 g/mol. The first-order valence-electron chi connectivity index (χ1n) is 8.56. The first-order chi connectivity index (χ1) is 11.1. The second kappa shape index (κ2) is 9.33. The van der Waals surface area contributed by atoms with Crippen LogP contribution in [0.3, 0.4) is 0 Å². The average molecular weight is 318 g/mol. The Morgan fingerprint density at radius 2 is 1.83 bits per heavy atom. The van der Waals surface area contributed by atoms with Crippen molar-refractivity contribution < 1.29 is 19.1 Å². The van der Waals surface area contributed by atoms with E-state index in [9.17, 15) is 9.59 Å². The highest BCUT2D eigenvalue weighted by Crippen LogP contribution is 2.23. The summed E-state index contributed by atoms with van der Waals surface area (Å²) in [4.78, 5) is 23.4. The lowest BCUT2D eigenvalue weighted by molar-refractivity contribution is -0.145. The van der Waals surface area contributed by atoms with Crippen molar-refractivity contribution in [2.75, 3.05) is 6.61 Å². The molecule has 1 saturated carbocycles. The Bertz CT molecular complexity index is 518. The minimum Gasteiger partial charge on any atom is -0.465 e. The maximum Gasteiger partial charge on any atom is 0.311 e. The second-order valence-corrected chi connectivity index (χ2v) is 6.33.